The lowest BCUT2D eigenvalue weighted by Crippen LogP contribution is -2.43. The molecule has 0 aromatic heterocycles. The number of hydrogen-bond donors (Lipinski definition) is 1. The molecular formula is C14H22N2S. The molecule has 0 bridgehead atoms. The zero-order chi connectivity index (χ0) is 12.7. The van der Waals surface area contributed by atoms with Gasteiger partial charge in [-0.1, -0.05) is 12.1 Å². The van der Waals surface area contributed by atoms with Crippen LogP contribution in [0, 0.1) is 0 Å². The van der Waals surface area contributed by atoms with Gasteiger partial charge in [-0.2, -0.15) is 0 Å². The summed E-state index contributed by atoms with van der Waals surface area (Å²) in [5.41, 5.74) is 2.83. The van der Waals surface area contributed by atoms with Gasteiger partial charge in [0.15, 0.2) is 0 Å². The zero-order valence-corrected chi connectivity index (χ0v) is 12.2. The number of benzene rings is 1. The van der Waals surface area contributed by atoms with Gasteiger partial charge in [-0.05, 0) is 38.5 Å². The van der Waals surface area contributed by atoms with Crippen molar-refractivity contribution in [3.05, 3.63) is 29.8 Å². The molecule has 1 N–H and O–H groups in total. The lowest BCUT2D eigenvalue weighted by Gasteiger charge is -2.28. The molecule has 0 spiro atoms. The Morgan fingerprint density at radius 1 is 1.12 bits per heavy atom. The SMILES string of the molecule is CN(C)c1ccc(C2(C)NC(C)(C)CS2)cc1. The molecule has 1 aliphatic heterocycles. The van der Waals surface area contributed by atoms with Crippen LogP contribution in [-0.2, 0) is 4.87 Å². The van der Waals surface area contributed by atoms with Crippen LogP contribution in [-0.4, -0.2) is 25.4 Å². The third-order valence-corrected chi connectivity index (χ3v) is 5.01. The van der Waals surface area contributed by atoms with Crippen LogP contribution in [0.4, 0.5) is 5.69 Å². The van der Waals surface area contributed by atoms with Crippen LogP contribution in [0.5, 0.6) is 0 Å². The first-order valence-corrected chi connectivity index (χ1v) is 7.02. The highest BCUT2D eigenvalue weighted by atomic mass is 32.2. The topological polar surface area (TPSA) is 15.3 Å². The second-order valence-electron chi connectivity index (χ2n) is 5.77. The molecule has 0 radical (unpaired) electrons. The highest BCUT2D eigenvalue weighted by Gasteiger charge is 2.40. The van der Waals surface area contributed by atoms with E-state index in [-0.39, 0.29) is 10.4 Å². The van der Waals surface area contributed by atoms with Crippen molar-refractivity contribution in [2.24, 2.45) is 0 Å². The summed E-state index contributed by atoms with van der Waals surface area (Å²) in [7, 11) is 4.14. The molecule has 2 nitrogen and oxygen atoms in total. The maximum Gasteiger partial charge on any atom is 0.0877 e. The van der Waals surface area contributed by atoms with Gasteiger partial charge in [-0.3, -0.25) is 5.32 Å². The molecule has 1 heterocycles. The van der Waals surface area contributed by atoms with Crippen LogP contribution in [0.2, 0.25) is 0 Å². The van der Waals surface area contributed by atoms with E-state index in [0.29, 0.717) is 0 Å². The standard InChI is InChI=1S/C14H22N2S/c1-13(2)10-17-14(3,15-13)11-6-8-12(9-7-11)16(4)5/h6-9,15H,10H2,1-5H3. The van der Waals surface area contributed by atoms with E-state index >= 15 is 0 Å². The molecule has 0 aliphatic carbocycles. The van der Waals surface area contributed by atoms with E-state index in [2.05, 4.69) is 69.3 Å². The number of nitrogens with zero attached hydrogens (tertiary/aromatic N) is 1. The van der Waals surface area contributed by atoms with Crippen molar-refractivity contribution >= 4 is 17.4 Å². The lowest BCUT2D eigenvalue weighted by atomic mass is 10.0. The normalized spacial score (nSPS) is 27.1. The summed E-state index contributed by atoms with van der Waals surface area (Å²) >= 11 is 1.99. The average Bonchev–Trinajstić information content (AvgIpc) is 2.54. The number of anilines is 1. The van der Waals surface area contributed by atoms with Gasteiger partial charge in [0.2, 0.25) is 0 Å². The lowest BCUT2D eigenvalue weighted by molar-refractivity contribution is 0.387. The summed E-state index contributed by atoms with van der Waals surface area (Å²) in [5, 5.41) is 3.72. The average molecular weight is 250 g/mol. The Hall–Kier alpha value is -0.670. The summed E-state index contributed by atoms with van der Waals surface area (Å²) in [5.74, 6) is 1.15. The van der Waals surface area contributed by atoms with Gasteiger partial charge in [-0.25, -0.2) is 0 Å². The summed E-state index contributed by atoms with van der Waals surface area (Å²) in [6.07, 6.45) is 0. The summed E-state index contributed by atoms with van der Waals surface area (Å²) in [6, 6.07) is 8.84. The number of thioether (sulfide) groups is 1. The van der Waals surface area contributed by atoms with Crippen molar-refractivity contribution < 1.29 is 0 Å². The Labute approximate surface area is 109 Å². The summed E-state index contributed by atoms with van der Waals surface area (Å²) < 4.78 is 0. The molecule has 1 aromatic carbocycles. The molecule has 0 amide bonds. The molecule has 1 saturated heterocycles. The van der Waals surface area contributed by atoms with Gasteiger partial charge in [0.1, 0.15) is 0 Å². The number of nitrogens with one attached hydrogen (secondary N) is 1. The summed E-state index contributed by atoms with van der Waals surface area (Å²) in [6.45, 7) is 6.80. The minimum atomic E-state index is 0.0499. The van der Waals surface area contributed by atoms with E-state index in [1.165, 1.54) is 11.3 Å². The van der Waals surface area contributed by atoms with Crippen LogP contribution in [0.15, 0.2) is 24.3 Å². The van der Waals surface area contributed by atoms with E-state index in [1.54, 1.807) is 0 Å². The summed E-state index contributed by atoms with van der Waals surface area (Å²) in [4.78, 5) is 2.18. The van der Waals surface area contributed by atoms with Gasteiger partial charge >= 0.3 is 0 Å². The number of hydrogen-bond acceptors (Lipinski definition) is 3. The van der Waals surface area contributed by atoms with E-state index in [0.717, 1.165) is 5.75 Å². The highest BCUT2D eigenvalue weighted by Crippen LogP contribution is 2.43. The van der Waals surface area contributed by atoms with Gasteiger partial charge in [0.05, 0.1) is 4.87 Å². The van der Waals surface area contributed by atoms with Gasteiger partial charge in [0.25, 0.3) is 0 Å². The Bertz CT molecular complexity index is 397. The maximum atomic E-state index is 3.72. The van der Waals surface area contributed by atoms with Crippen molar-refractivity contribution in [2.75, 3.05) is 24.7 Å². The fourth-order valence-corrected chi connectivity index (χ4v) is 3.65. The van der Waals surface area contributed by atoms with E-state index in [9.17, 15) is 0 Å². The monoisotopic (exact) mass is 250 g/mol. The third-order valence-electron chi connectivity index (χ3n) is 3.23. The highest BCUT2D eigenvalue weighted by molar-refractivity contribution is 8.00. The fourth-order valence-electron chi connectivity index (χ4n) is 2.28. The molecule has 1 aromatic rings. The quantitative estimate of drug-likeness (QED) is 0.868. The minimum absolute atomic E-state index is 0.0499. The molecule has 0 saturated carbocycles. The Morgan fingerprint density at radius 3 is 2.12 bits per heavy atom. The molecule has 1 fully saturated rings. The van der Waals surface area contributed by atoms with Gasteiger partial charge < -0.3 is 4.90 Å². The molecule has 17 heavy (non-hydrogen) atoms. The largest absolute Gasteiger partial charge is 0.378 e. The first-order valence-electron chi connectivity index (χ1n) is 6.04. The van der Waals surface area contributed by atoms with Gasteiger partial charge in [-0.15, -0.1) is 11.8 Å². The second kappa shape index (κ2) is 4.21. The van der Waals surface area contributed by atoms with Crippen LogP contribution in [0.3, 0.4) is 0 Å². The van der Waals surface area contributed by atoms with Crippen LogP contribution in [0.25, 0.3) is 0 Å². The van der Waals surface area contributed by atoms with E-state index in [1.807, 2.05) is 11.8 Å². The van der Waals surface area contributed by atoms with Crippen LogP contribution >= 0.6 is 11.8 Å². The van der Waals surface area contributed by atoms with Crippen molar-refractivity contribution in [1.82, 2.24) is 5.32 Å². The number of rotatable bonds is 2. The Balaban J connectivity index is 2.23. The van der Waals surface area contributed by atoms with Crippen molar-refractivity contribution in [3.8, 4) is 0 Å². The second-order valence-corrected chi connectivity index (χ2v) is 7.17. The van der Waals surface area contributed by atoms with Crippen molar-refractivity contribution in [3.63, 3.8) is 0 Å². The van der Waals surface area contributed by atoms with Crippen molar-refractivity contribution in [2.45, 2.75) is 31.2 Å². The van der Waals surface area contributed by atoms with Crippen LogP contribution < -0.4 is 10.2 Å². The first-order chi connectivity index (χ1) is 7.82. The molecule has 1 aliphatic rings. The molecule has 1 unspecified atom stereocenters. The maximum absolute atomic E-state index is 3.72. The smallest absolute Gasteiger partial charge is 0.0877 e. The van der Waals surface area contributed by atoms with Crippen LogP contribution in [0.1, 0.15) is 26.3 Å². The fraction of sp³-hybridized carbons (Fsp3) is 0.571. The van der Waals surface area contributed by atoms with E-state index < -0.39 is 0 Å². The minimum Gasteiger partial charge on any atom is -0.378 e. The van der Waals surface area contributed by atoms with Crippen molar-refractivity contribution in [1.29, 1.82) is 0 Å². The molecule has 94 valence electrons. The zero-order valence-electron chi connectivity index (χ0n) is 11.4. The first kappa shape index (κ1) is 12.8. The third kappa shape index (κ3) is 2.61. The Morgan fingerprint density at radius 2 is 1.71 bits per heavy atom. The molecule has 2 rings (SSSR count). The predicted octanol–water partition coefficient (Wildman–Crippen LogP) is 3.04. The van der Waals surface area contributed by atoms with Gasteiger partial charge in [0, 0.05) is 31.1 Å². The molecule has 1 atom stereocenters. The Kier molecular flexibility index (Phi) is 3.17. The molecular weight excluding hydrogens is 228 g/mol. The van der Waals surface area contributed by atoms with E-state index in [4.69, 9.17) is 0 Å². The predicted molar refractivity (Wildman–Crippen MR) is 77.8 cm³/mol. The molecule has 3 heteroatoms.